The Morgan fingerprint density at radius 3 is 2.67 bits per heavy atom. The molecule has 0 heterocycles. The summed E-state index contributed by atoms with van der Waals surface area (Å²) in [7, 11) is 0. The summed E-state index contributed by atoms with van der Waals surface area (Å²) in [4.78, 5) is 13.9. The molecule has 0 fully saturated rings. The summed E-state index contributed by atoms with van der Waals surface area (Å²) >= 11 is 0. The van der Waals surface area contributed by atoms with E-state index in [0.717, 1.165) is 25.9 Å². The highest BCUT2D eigenvalue weighted by Gasteiger charge is 2.11. The highest BCUT2D eigenvalue weighted by atomic mass is 16.2. The second-order valence-electron chi connectivity index (χ2n) is 4.54. The van der Waals surface area contributed by atoms with Crippen LogP contribution in [0.2, 0.25) is 0 Å². The Morgan fingerprint density at radius 2 is 2.06 bits per heavy atom. The van der Waals surface area contributed by atoms with Gasteiger partial charge in [-0.05, 0) is 44.4 Å². The molecule has 0 unspecified atom stereocenters. The molecular weight excluding hydrogens is 224 g/mol. The van der Waals surface area contributed by atoms with Crippen LogP contribution in [0.4, 0.5) is 0 Å². The zero-order valence-electron chi connectivity index (χ0n) is 11.5. The van der Waals surface area contributed by atoms with Crippen molar-refractivity contribution in [2.24, 2.45) is 5.73 Å². The second-order valence-corrected chi connectivity index (χ2v) is 4.54. The maximum Gasteiger partial charge on any atom is 0.222 e. The van der Waals surface area contributed by atoms with Gasteiger partial charge in [0, 0.05) is 19.5 Å². The van der Waals surface area contributed by atoms with Crippen molar-refractivity contribution in [3.8, 4) is 0 Å². The first-order valence-corrected chi connectivity index (χ1v) is 6.71. The zero-order chi connectivity index (χ0) is 13.4. The Bertz CT molecular complexity index is 377. The van der Waals surface area contributed by atoms with Gasteiger partial charge in [0.05, 0.1) is 0 Å². The number of hydrogen-bond acceptors (Lipinski definition) is 2. The van der Waals surface area contributed by atoms with Crippen LogP contribution in [0.3, 0.4) is 0 Å². The average molecular weight is 248 g/mol. The molecule has 0 aromatic heterocycles. The van der Waals surface area contributed by atoms with Crippen molar-refractivity contribution in [1.82, 2.24) is 4.90 Å². The van der Waals surface area contributed by atoms with Gasteiger partial charge < -0.3 is 10.6 Å². The van der Waals surface area contributed by atoms with Crippen LogP contribution in [0, 0.1) is 6.92 Å². The Kier molecular flexibility index (Phi) is 6.44. The fourth-order valence-electron chi connectivity index (χ4n) is 2.03. The van der Waals surface area contributed by atoms with Crippen LogP contribution in [0.15, 0.2) is 24.3 Å². The van der Waals surface area contributed by atoms with Crippen LogP contribution in [0.5, 0.6) is 0 Å². The van der Waals surface area contributed by atoms with Gasteiger partial charge in [-0.15, -0.1) is 0 Å². The van der Waals surface area contributed by atoms with Gasteiger partial charge in [0.2, 0.25) is 5.91 Å². The molecule has 0 aliphatic carbocycles. The van der Waals surface area contributed by atoms with Gasteiger partial charge in [-0.1, -0.05) is 24.3 Å². The zero-order valence-corrected chi connectivity index (χ0v) is 11.5. The normalized spacial score (nSPS) is 10.4. The summed E-state index contributed by atoms with van der Waals surface area (Å²) in [6.07, 6.45) is 2.29. The number of carbonyl (C=O) groups is 1. The lowest BCUT2D eigenvalue weighted by molar-refractivity contribution is -0.131. The molecule has 1 aromatic carbocycles. The predicted octanol–water partition coefficient (Wildman–Crippen LogP) is 2.12. The molecule has 0 spiro atoms. The largest absolute Gasteiger partial charge is 0.343 e. The number of nitrogens with zero attached hydrogens (tertiary/aromatic N) is 1. The van der Waals surface area contributed by atoms with E-state index >= 15 is 0 Å². The Labute approximate surface area is 110 Å². The SMILES string of the molecule is CCN(CCCN)C(=O)CCc1ccccc1C. The van der Waals surface area contributed by atoms with Crippen molar-refractivity contribution in [3.63, 3.8) is 0 Å². The minimum atomic E-state index is 0.231. The summed E-state index contributed by atoms with van der Waals surface area (Å²) in [5, 5.41) is 0. The number of aryl methyl sites for hydroxylation is 2. The quantitative estimate of drug-likeness (QED) is 0.803. The molecule has 1 rings (SSSR count). The van der Waals surface area contributed by atoms with Crippen molar-refractivity contribution < 1.29 is 4.79 Å². The molecule has 0 saturated heterocycles. The van der Waals surface area contributed by atoms with Gasteiger partial charge >= 0.3 is 0 Å². The fraction of sp³-hybridized carbons (Fsp3) is 0.533. The molecule has 1 amide bonds. The number of nitrogens with two attached hydrogens (primary N) is 1. The van der Waals surface area contributed by atoms with Gasteiger partial charge in [0.1, 0.15) is 0 Å². The molecular formula is C15H24N2O. The van der Waals surface area contributed by atoms with Gasteiger partial charge in [0.25, 0.3) is 0 Å². The monoisotopic (exact) mass is 248 g/mol. The number of benzene rings is 1. The fourth-order valence-corrected chi connectivity index (χ4v) is 2.03. The molecule has 0 atom stereocenters. The van der Waals surface area contributed by atoms with Crippen molar-refractivity contribution >= 4 is 5.91 Å². The van der Waals surface area contributed by atoms with Crippen molar-refractivity contribution in [1.29, 1.82) is 0 Å². The van der Waals surface area contributed by atoms with Crippen LogP contribution in [0.1, 0.15) is 30.9 Å². The van der Waals surface area contributed by atoms with E-state index in [1.54, 1.807) is 0 Å². The number of amides is 1. The third kappa shape index (κ3) is 4.49. The van der Waals surface area contributed by atoms with Gasteiger partial charge in [-0.2, -0.15) is 0 Å². The molecule has 2 N–H and O–H groups in total. The van der Waals surface area contributed by atoms with Crippen LogP contribution in [0.25, 0.3) is 0 Å². The van der Waals surface area contributed by atoms with E-state index in [0.29, 0.717) is 13.0 Å². The molecule has 0 aliphatic rings. The summed E-state index contributed by atoms with van der Waals surface area (Å²) in [5.41, 5.74) is 8.00. The Morgan fingerprint density at radius 1 is 1.33 bits per heavy atom. The second kappa shape index (κ2) is 7.88. The van der Waals surface area contributed by atoms with E-state index in [4.69, 9.17) is 5.73 Å². The van der Waals surface area contributed by atoms with E-state index in [-0.39, 0.29) is 5.91 Å². The van der Waals surface area contributed by atoms with E-state index in [9.17, 15) is 4.79 Å². The molecule has 0 aliphatic heterocycles. The van der Waals surface area contributed by atoms with Gasteiger partial charge in [0.15, 0.2) is 0 Å². The van der Waals surface area contributed by atoms with Gasteiger partial charge in [-0.3, -0.25) is 4.79 Å². The summed E-state index contributed by atoms with van der Waals surface area (Å²) in [6.45, 7) is 6.29. The van der Waals surface area contributed by atoms with Crippen molar-refractivity contribution in [3.05, 3.63) is 35.4 Å². The van der Waals surface area contributed by atoms with E-state index in [1.807, 2.05) is 24.0 Å². The minimum Gasteiger partial charge on any atom is -0.343 e. The van der Waals surface area contributed by atoms with Crippen LogP contribution in [-0.4, -0.2) is 30.4 Å². The highest BCUT2D eigenvalue weighted by molar-refractivity contribution is 5.76. The number of hydrogen-bond donors (Lipinski definition) is 1. The third-order valence-electron chi connectivity index (χ3n) is 3.24. The lowest BCUT2D eigenvalue weighted by Gasteiger charge is -2.20. The predicted molar refractivity (Wildman–Crippen MR) is 75.4 cm³/mol. The van der Waals surface area contributed by atoms with E-state index < -0.39 is 0 Å². The Balaban J connectivity index is 2.47. The first-order chi connectivity index (χ1) is 8.69. The average Bonchev–Trinajstić information content (AvgIpc) is 2.38. The topological polar surface area (TPSA) is 46.3 Å². The lowest BCUT2D eigenvalue weighted by atomic mass is 10.0. The first-order valence-electron chi connectivity index (χ1n) is 6.71. The smallest absolute Gasteiger partial charge is 0.222 e. The minimum absolute atomic E-state index is 0.231. The molecule has 1 aromatic rings. The summed E-state index contributed by atoms with van der Waals surface area (Å²) in [6, 6.07) is 8.24. The standard InChI is InChI=1S/C15H24N2O/c1-3-17(12-6-11-16)15(18)10-9-14-8-5-4-7-13(14)2/h4-5,7-8H,3,6,9-12,16H2,1-2H3. The lowest BCUT2D eigenvalue weighted by Crippen LogP contribution is -2.32. The van der Waals surface area contributed by atoms with Gasteiger partial charge in [-0.25, -0.2) is 0 Å². The molecule has 100 valence electrons. The van der Waals surface area contributed by atoms with Crippen LogP contribution in [-0.2, 0) is 11.2 Å². The molecule has 3 heteroatoms. The van der Waals surface area contributed by atoms with Crippen molar-refractivity contribution in [2.75, 3.05) is 19.6 Å². The molecule has 3 nitrogen and oxygen atoms in total. The first kappa shape index (κ1) is 14.7. The maximum atomic E-state index is 12.0. The summed E-state index contributed by atoms with van der Waals surface area (Å²) < 4.78 is 0. The third-order valence-corrected chi connectivity index (χ3v) is 3.24. The molecule has 0 radical (unpaired) electrons. The number of carbonyl (C=O) groups excluding carboxylic acids is 1. The van der Waals surface area contributed by atoms with Crippen molar-refractivity contribution in [2.45, 2.75) is 33.1 Å². The van der Waals surface area contributed by atoms with E-state index in [2.05, 4.69) is 19.1 Å². The van der Waals surface area contributed by atoms with Crippen LogP contribution < -0.4 is 5.73 Å². The Hall–Kier alpha value is -1.35. The summed E-state index contributed by atoms with van der Waals surface area (Å²) in [5.74, 6) is 0.231. The molecule has 18 heavy (non-hydrogen) atoms. The molecule has 0 bridgehead atoms. The molecule has 0 saturated carbocycles. The number of rotatable bonds is 7. The van der Waals surface area contributed by atoms with Crippen LogP contribution >= 0.6 is 0 Å². The maximum absolute atomic E-state index is 12.0. The van der Waals surface area contributed by atoms with E-state index in [1.165, 1.54) is 11.1 Å². The highest BCUT2D eigenvalue weighted by Crippen LogP contribution is 2.10.